The molecule has 6 aliphatic heterocycles. The van der Waals surface area contributed by atoms with Crippen molar-refractivity contribution >= 4 is 14.6 Å². The second-order valence-corrected chi connectivity index (χ2v) is 6.85. The normalized spacial score (nSPS) is 56.4. The molecule has 4 unspecified atom stereocenters. The fraction of sp³-hybridized carbons (Fsp3) is 1.00. The Balaban J connectivity index is 1.16. The van der Waals surface area contributed by atoms with Crippen molar-refractivity contribution in [3.8, 4) is 0 Å². The van der Waals surface area contributed by atoms with Gasteiger partial charge in [0.15, 0.2) is 12.6 Å². The van der Waals surface area contributed by atoms with Crippen LogP contribution in [0.5, 0.6) is 0 Å². The summed E-state index contributed by atoms with van der Waals surface area (Å²) < 4.78 is 50.1. The molecule has 136 valence electrons. The molecule has 0 aliphatic carbocycles. The minimum absolute atomic E-state index is 0.323. The highest BCUT2D eigenvalue weighted by Crippen LogP contribution is 2.38. The highest BCUT2D eigenvalue weighted by molar-refractivity contribution is 6.52. The van der Waals surface area contributed by atoms with E-state index in [1.165, 1.54) is 0 Å². The van der Waals surface area contributed by atoms with Gasteiger partial charge in [-0.15, -0.1) is 0 Å². The van der Waals surface area contributed by atoms with E-state index in [0.717, 1.165) is 0 Å². The Bertz CT molecular complexity index is 469. The first-order chi connectivity index (χ1) is 12.2. The number of rotatable bonds is 2. The molecule has 0 aromatic heterocycles. The first-order valence-corrected chi connectivity index (χ1v) is 8.35. The average molecular weight is 358 g/mol. The molecule has 8 bridgehead atoms. The second-order valence-electron chi connectivity index (χ2n) is 6.85. The molecule has 6 aliphatic rings. The quantitative estimate of drug-likeness (QED) is 0.485. The van der Waals surface area contributed by atoms with Crippen LogP contribution in [-0.2, 0) is 42.1 Å². The molecule has 13 heteroatoms. The van der Waals surface area contributed by atoms with Crippen LogP contribution in [0.3, 0.4) is 0 Å². The largest absolute Gasteiger partial charge is 0.628 e. The van der Waals surface area contributed by atoms with Crippen LogP contribution in [0, 0.1) is 0 Å². The summed E-state index contributed by atoms with van der Waals surface area (Å²) in [6.45, 7) is 0.646. The van der Waals surface area contributed by atoms with Crippen LogP contribution in [-0.4, -0.2) is 99.5 Å². The van der Waals surface area contributed by atoms with Gasteiger partial charge < -0.3 is 52.3 Å². The predicted octanol–water partition coefficient (Wildman–Crippen LogP) is -3.23. The SMILES string of the molecule is O[C@@H]1C2OB(OB3OC4[C@H]5OC[C@@H](O5)C(O3)[C@@H]4O)OC1[C@@H]1CO[C@H]2O1. The predicted molar refractivity (Wildman–Crippen MR) is 73.3 cm³/mol. The summed E-state index contributed by atoms with van der Waals surface area (Å²) in [7, 11) is -2.23. The summed E-state index contributed by atoms with van der Waals surface area (Å²) in [5.41, 5.74) is 0. The van der Waals surface area contributed by atoms with Crippen LogP contribution < -0.4 is 0 Å². The lowest BCUT2D eigenvalue weighted by Gasteiger charge is -2.46. The molecule has 2 N–H and O–H groups in total. The lowest BCUT2D eigenvalue weighted by Crippen LogP contribution is -2.67. The van der Waals surface area contributed by atoms with Crippen LogP contribution >= 0.6 is 0 Å². The summed E-state index contributed by atoms with van der Waals surface area (Å²) in [5.74, 6) is 0. The van der Waals surface area contributed by atoms with Crippen LogP contribution in [0.1, 0.15) is 0 Å². The third kappa shape index (κ3) is 2.29. The molecule has 0 radical (unpaired) electrons. The molecule has 25 heavy (non-hydrogen) atoms. The number of ether oxygens (including phenoxy) is 4. The summed E-state index contributed by atoms with van der Waals surface area (Å²) in [5, 5.41) is 20.5. The van der Waals surface area contributed by atoms with E-state index in [0.29, 0.717) is 13.2 Å². The molecule has 6 fully saturated rings. The van der Waals surface area contributed by atoms with Crippen molar-refractivity contribution < 1.29 is 52.3 Å². The van der Waals surface area contributed by atoms with Crippen LogP contribution in [0.25, 0.3) is 0 Å². The van der Waals surface area contributed by atoms with Gasteiger partial charge in [-0.3, -0.25) is 0 Å². The van der Waals surface area contributed by atoms with Gasteiger partial charge in [0.1, 0.15) is 48.8 Å². The maximum atomic E-state index is 10.2. The molecule has 6 saturated heterocycles. The zero-order chi connectivity index (χ0) is 16.7. The molecule has 0 saturated carbocycles. The van der Waals surface area contributed by atoms with Gasteiger partial charge in [0, 0.05) is 0 Å². The van der Waals surface area contributed by atoms with E-state index < -0.39 is 63.8 Å². The summed E-state index contributed by atoms with van der Waals surface area (Å²) in [6.07, 6.45) is -6.49. The molecule has 0 aromatic rings. The summed E-state index contributed by atoms with van der Waals surface area (Å²) in [6, 6.07) is 0. The third-order valence-electron chi connectivity index (χ3n) is 5.38. The van der Waals surface area contributed by atoms with Gasteiger partial charge in [0.25, 0.3) is 0 Å². The van der Waals surface area contributed by atoms with E-state index in [1.54, 1.807) is 0 Å². The van der Waals surface area contributed by atoms with Crippen LogP contribution in [0.4, 0.5) is 0 Å². The molecule has 6 heterocycles. The minimum atomic E-state index is -1.12. The number of aliphatic hydroxyl groups is 2. The van der Waals surface area contributed by atoms with E-state index in [9.17, 15) is 10.2 Å². The monoisotopic (exact) mass is 358 g/mol. The minimum Gasteiger partial charge on any atom is -0.399 e. The number of hydrogen-bond donors (Lipinski definition) is 2. The Morgan fingerprint density at radius 2 is 1.12 bits per heavy atom. The van der Waals surface area contributed by atoms with E-state index in [-0.39, 0.29) is 12.2 Å². The van der Waals surface area contributed by atoms with Crippen LogP contribution in [0.2, 0.25) is 0 Å². The Labute approximate surface area is 142 Å². The maximum Gasteiger partial charge on any atom is 0.628 e. The van der Waals surface area contributed by atoms with Gasteiger partial charge in [0.2, 0.25) is 0 Å². The lowest BCUT2D eigenvalue weighted by atomic mass is 9.91. The Kier molecular flexibility index (Phi) is 3.52. The van der Waals surface area contributed by atoms with Gasteiger partial charge in [-0.25, -0.2) is 0 Å². The topological polar surface area (TPSA) is 124 Å². The van der Waals surface area contributed by atoms with Gasteiger partial charge in [-0.05, 0) is 0 Å². The Morgan fingerprint density at radius 3 is 1.60 bits per heavy atom. The summed E-state index contributed by atoms with van der Waals surface area (Å²) >= 11 is 0. The number of aliphatic hydroxyl groups excluding tert-OH is 2. The van der Waals surface area contributed by atoms with Gasteiger partial charge in [-0.1, -0.05) is 0 Å². The first-order valence-electron chi connectivity index (χ1n) is 8.35. The van der Waals surface area contributed by atoms with E-state index in [2.05, 4.69) is 0 Å². The standard InChI is InChI=1S/C12H16B2O11/c15-5-7-3-1-17-11(19-3)9(5)23-13(21-7)25-14-22-8-4-2-18-12(20-4)10(24-14)6(8)16/h3-12,15-16H,1-2H2/t3-,4+,5-,6-,7?,8?,9?,10?,11-,12-/m0/s1. The van der Waals surface area contributed by atoms with Crippen molar-refractivity contribution in [1.82, 2.24) is 0 Å². The zero-order valence-corrected chi connectivity index (χ0v) is 12.9. The fourth-order valence-corrected chi connectivity index (χ4v) is 4.13. The molecule has 0 aromatic carbocycles. The van der Waals surface area contributed by atoms with Gasteiger partial charge >= 0.3 is 14.6 Å². The Hall–Kier alpha value is -0.310. The molecule has 0 amide bonds. The third-order valence-corrected chi connectivity index (χ3v) is 5.38. The van der Waals surface area contributed by atoms with E-state index >= 15 is 0 Å². The maximum absolute atomic E-state index is 10.2. The van der Waals surface area contributed by atoms with Crippen molar-refractivity contribution in [3.63, 3.8) is 0 Å². The molecule has 0 spiro atoms. The first kappa shape index (κ1) is 15.7. The second kappa shape index (κ2) is 5.59. The smallest absolute Gasteiger partial charge is 0.399 e. The highest BCUT2D eigenvalue weighted by Gasteiger charge is 2.61. The molecule has 10 atom stereocenters. The van der Waals surface area contributed by atoms with Crippen LogP contribution in [0.15, 0.2) is 0 Å². The van der Waals surface area contributed by atoms with Gasteiger partial charge in [0.05, 0.1) is 13.2 Å². The van der Waals surface area contributed by atoms with Crippen molar-refractivity contribution in [3.05, 3.63) is 0 Å². The molecule has 11 nitrogen and oxygen atoms in total. The molecular weight excluding hydrogens is 342 g/mol. The van der Waals surface area contributed by atoms with E-state index in [1.807, 2.05) is 0 Å². The van der Waals surface area contributed by atoms with Crippen molar-refractivity contribution in [2.45, 2.75) is 61.4 Å². The highest BCUT2D eigenvalue weighted by atomic mass is 16.9. The Morgan fingerprint density at radius 1 is 0.680 bits per heavy atom. The lowest BCUT2D eigenvalue weighted by molar-refractivity contribution is -0.262. The van der Waals surface area contributed by atoms with Crippen molar-refractivity contribution in [1.29, 1.82) is 0 Å². The zero-order valence-electron chi connectivity index (χ0n) is 12.9. The van der Waals surface area contributed by atoms with Gasteiger partial charge in [-0.2, -0.15) is 0 Å². The summed E-state index contributed by atoms with van der Waals surface area (Å²) in [4.78, 5) is 0. The van der Waals surface area contributed by atoms with E-state index in [4.69, 9.17) is 42.1 Å². The van der Waals surface area contributed by atoms with Crippen molar-refractivity contribution in [2.75, 3.05) is 13.2 Å². The average Bonchev–Trinajstić information content (AvgIpc) is 3.22. The number of hydrogen-bond acceptors (Lipinski definition) is 11. The number of fused-ring (bicyclic) bond motifs is 12. The fourth-order valence-electron chi connectivity index (χ4n) is 4.13. The van der Waals surface area contributed by atoms with Crippen molar-refractivity contribution in [2.24, 2.45) is 0 Å². The molecule has 6 rings (SSSR count). The molecular formula is C12H16B2O11.